The summed E-state index contributed by atoms with van der Waals surface area (Å²) in [7, 11) is 0. The van der Waals surface area contributed by atoms with E-state index in [0.717, 1.165) is 50.8 Å². The van der Waals surface area contributed by atoms with Gasteiger partial charge in [-0.3, -0.25) is 9.80 Å². The molecule has 3 aliphatic heterocycles. The zero-order valence-corrected chi connectivity index (χ0v) is 13.9. The Bertz CT molecular complexity index is 317. The van der Waals surface area contributed by atoms with E-state index in [1.54, 1.807) is 0 Å². The number of ether oxygens (including phenoxy) is 1. The van der Waals surface area contributed by atoms with E-state index in [4.69, 9.17) is 4.74 Å². The predicted octanol–water partition coefficient (Wildman–Crippen LogP) is 1.56. The lowest BCUT2D eigenvalue weighted by Gasteiger charge is -2.36. The van der Waals surface area contributed by atoms with Gasteiger partial charge in [0.2, 0.25) is 0 Å². The Labute approximate surface area is 130 Å². The summed E-state index contributed by atoms with van der Waals surface area (Å²) >= 11 is 0. The number of fused-ring (bicyclic) bond motifs is 1. The van der Waals surface area contributed by atoms with Crippen LogP contribution in [0.2, 0.25) is 0 Å². The summed E-state index contributed by atoms with van der Waals surface area (Å²) in [5, 5.41) is 3.93. The fraction of sp³-hybridized carbons (Fsp3) is 1.00. The van der Waals surface area contributed by atoms with E-state index in [1.807, 2.05) is 0 Å². The summed E-state index contributed by atoms with van der Waals surface area (Å²) in [4.78, 5) is 5.35. The van der Waals surface area contributed by atoms with Gasteiger partial charge in [0.25, 0.3) is 0 Å². The second-order valence-electron chi connectivity index (χ2n) is 7.48. The first-order valence-electron chi connectivity index (χ1n) is 9.03. The van der Waals surface area contributed by atoms with Crippen molar-refractivity contribution in [2.75, 3.05) is 45.9 Å². The van der Waals surface area contributed by atoms with Gasteiger partial charge < -0.3 is 10.1 Å². The van der Waals surface area contributed by atoms with Crippen LogP contribution in [0.4, 0.5) is 0 Å². The summed E-state index contributed by atoms with van der Waals surface area (Å²) in [5.41, 5.74) is 0. The van der Waals surface area contributed by atoms with Crippen molar-refractivity contribution in [3.63, 3.8) is 0 Å². The van der Waals surface area contributed by atoms with E-state index in [9.17, 15) is 0 Å². The molecule has 3 unspecified atom stereocenters. The Balaban J connectivity index is 1.51. The topological polar surface area (TPSA) is 27.7 Å². The fourth-order valence-electron chi connectivity index (χ4n) is 4.46. The number of hydrogen-bond donors (Lipinski definition) is 1. The lowest BCUT2D eigenvalue weighted by molar-refractivity contribution is 0.0116. The molecule has 0 amide bonds. The van der Waals surface area contributed by atoms with Gasteiger partial charge in [0.05, 0.1) is 13.2 Å². The molecule has 3 atom stereocenters. The second kappa shape index (κ2) is 7.40. The Hall–Kier alpha value is -0.160. The first-order chi connectivity index (χ1) is 10.2. The Morgan fingerprint density at radius 1 is 1.10 bits per heavy atom. The van der Waals surface area contributed by atoms with Gasteiger partial charge in [0, 0.05) is 44.3 Å². The monoisotopic (exact) mass is 295 g/mol. The number of morpholine rings is 1. The molecule has 0 aromatic rings. The van der Waals surface area contributed by atoms with Gasteiger partial charge in [-0.15, -0.1) is 0 Å². The van der Waals surface area contributed by atoms with Gasteiger partial charge in [0.1, 0.15) is 0 Å². The zero-order valence-electron chi connectivity index (χ0n) is 13.9. The number of rotatable bonds is 6. The largest absolute Gasteiger partial charge is 0.379 e. The third-order valence-corrected chi connectivity index (χ3v) is 5.53. The van der Waals surface area contributed by atoms with Crippen molar-refractivity contribution >= 4 is 0 Å². The van der Waals surface area contributed by atoms with Crippen LogP contribution in [0.5, 0.6) is 0 Å². The molecule has 0 aromatic carbocycles. The molecular weight excluding hydrogens is 262 g/mol. The van der Waals surface area contributed by atoms with E-state index in [1.165, 1.54) is 38.8 Å². The average Bonchev–Trinajstić information content (AvgIpc) is 3.08. The lowest BCUT2D eigenvalue weighted by atomic mass is 10.0. The molecule has 3 heterocycles. The molecule has 3 saturated heterocycles. The van der Waals surface area contributed by atoms with Crippen molar-refractivity contribution in [3.05, 3.63) is 0 Å². The second-order valence-corrected chi connectivity index (χ2v) is 7.48. The highest BCUT2D eigenvalue weighted by molar-refractivity contribution is 4.96. The molecule has 0 aliphatic carbocycles. The van der Waals surface area contributed by atoms with Gasteiger partial charge in [-0.2, -0.15) is 0 Å². The van der Waals surface area contributed by atoms with Crippen LogP contribution >= 0.6 is 0 Å². The molecule has 0 spiro atoms. The Morgan fingerprint density at radius 2 is 1.90 bits per heavy atom. The van der Waals surface area contributed by atoms with Crippen LogP contribution in [0.1, 0.15) is 39.5 Å². The molecule has 0 bridgehead atoms. The summed E-state index contributed by atoms with van der Waals surface area (Å²) in [6, 6.07) is 2.25. The van der Waals surface area contributed by atoms with Crippen LogP contribution < -0.4 is 5.32 Å². The van der Waals surface area contributed by atoms with Crippen LogP contribution in [-0.4, -0.2) is 73.9 Å². The maximum absolute atomic E-state index is 5.52. The molecule has 0 saturated carbocycles. The van der Waals surface area contributed by atoms with Gasteiger partial charge in [-0.1, -0.05) is 13.8 Å². The van der Waals surface area contributed by atoms with Crippen LogP contribution in [-0.2, 0) is 4.74 Å². The molecule has 0 aromatic heterocycles. The van der Waals surface area contributed by atoms with Crippen molar-refractivity contribution in [3.8, 4) is 0 Å². The van der Waals surface area contributed by atoms with Crippen molar-refractivity contribution in [1.29, 1.82) is 0 Å². The maximum atomic E-state index is 5.52. The SMILES string of the molecule is CC(C)CC(CNC1CCN2CCCC12)N1CCOCC1. The minimum atomic E-state index is 0.685. The first-order valence-corrected chi connectivity index (χ1v) is 9.03. The van der Waals surface area contributed by atoms with Gasteiger partial charge >= 0.3 is 0 Å². The lowest BCUT2D eigenvalue weighted by Crippen LogP contribution is -2.51. The standard InChI is InChI=1S/C17H33N3O/c1-14(2)12-15(19-8-10-21-11-9-19)13-18-16-5-7-20-6-3-4-17(16)20/h14-18H,3-13H2,1-2H3. The van der Waals surface area contributed by atoms with Gasteiger partial charge in [-0.25, -0.2) is 0 Å². The van der Waals surface area contributed by atoms with Crippen LogP contribution in [0.3, 0.4) is 0 Å². The van der Waals surface area contributed by atoms with Crippen LogP contribution in [0.25, 0.3) is 0 Å². The summed E-state index contributed by atoms with van der Waals surface area (Å²) in [6.07, 6.45) is 5.46. The van der Waals surface area contributed by atoms with E-state index >= 15 is 0 Å². The van der Waals surface area contributed by atoms with Crippen molar-refractivity contribution in [2.45, 2.75) is 57.7 Å². The molecule has 0 radical (unpaired) electrons. The van der Waals surface area contributed by atoms with E-state index in [-0.39, 0.29) is 0 Å². The van der Waals surface area contributed by atoms with Crippen molar-refractivity contribution in [2.24, 2.45) is 5.92 Å². The predicted molar refractivity (Wildman–Crippen MR) is 86.6 cm³/mol. The first kappa shape index (κ1) is 15.7. The molecule has 4 nitrogen and oxygen atoms in total. The minimum Gasteiger partial charge on any atom is -0.379 e. The zero-order chi connectivity index (χ0) is 14.7. The normalized spacial score (nSPS) is 32.7. The molecule has 1 N–H and O–H groups in total. The van der Waals surface area contributed by atoms with Crippen molar-refractivity contribution < 1.29 is 4.74 Å². The molecule has 3 aliphatic rings. The molecular formula is C17H33N3O. The highest BCUT2D eigenvalue weighted by atomic mass is 16.5. The van der Waals surface area contributed by atoms with Gasteiger partial charge in [0.15, 0.2) is 0 Å². The Morgan fingerprint density at radius 3 is 2.67 bits per heavy atom. The molecule has 122 valence electrons. The average molecular weight is 295 g/mol. The van der Waals surface area contributed by atoms with Gasteiger partial charge in [-0.05, 0) is 38.1 Å². The smallest absolute Gasteiger partial charge is 0.0594 e. The fourth-order valence-corrected chi connectivity index (χ4v) is 4.46. The summed E-state index contributed by atoms with van der Waals surface area (Å²) < 4.78 is 5.52. The highest BCUT2D eigenvalue weighted by Gasteiger charge is 2.37. The van der Waals surface area contributed by atoms with Crippen LogP contribution in [0, 0.1) is 5.92 Å². The molecule has 21 heavy (non-hydrogen) atoms. The number of hydrogen-bond acceptors (Lipinski definition) is 4. The quantitative estimate of drug-likeness (QED) is 0.805. The van der Waals surface area contributed by atoms with Crippen LogP contribution in [0.15, 0.2) is 0 Å². The van der Waals surface area contributed by atoms with Crippen molar-refractivity contribution in [1.82, 2.24) is 15.1 Å². The van der Waals surface area contributed by atoms with E-state index < -0.39 is 0 Å². The maximum Gasteiger partial charge on any atom is 0.0594 e. The highest BCUT2D eigenvalue weighted by Crippen LogP contribution is 2.28. The molecule has 3 rings (SSSR count). The number of nitrogens with zero attached hydrogens (tertiary/aromatic N) is 2. The minimum absolute atomic E-state index is 0.685. The molecule has 4 heteroatoms. The van der Waals surface area contributed by atoms with E-state index in [2.05, 4.69) is 29.0 Å². The third kappa shape index (κ3) is 3.98. The van der Waals surface area contributed by atoms with E-state index in [0.29, 0.717) is 6.04 Å². The summed E-state index contributed by atoms with van der Waals surface area (Å²) in [6.45, 7) is 12.6. The molecule has 3 fully saturated rings. The third-order valence-electron chi connectivity index (χ3n) is 5.53. The number of nitrogens with one attached hydrogen (secondary N) is 1. The summed E-state index contributed by atoms with van der Waals surface area (Å²) in [5.74, 6) is 0.770. The Kier molecular flexibility index (Phi) is 5.54.